The lowest BCUT2D eigenvalue weighted by Crippen LogP contribution is -2.57. The number of para-hydroxylation sites is 1. The fraction of sp³-hybridized carbons (Fsp3) is 0.391. The van der Waals surface area contributed by atoms with E-state index in [1.165, 1.54) is 6.92 Å². The van der Waals surface area contributed by atoms with Gasteiger partial charge >= 0.3 is 11.9 Å². The third-order valence-electron chi connectivity index (χ3n) is 5.45. The maximum absolute atomic E-state index is 13.2. The van der Waals surface area contributed by atoms with E-state index in [1.807, 2.05) is 23.5 Å². The van der Waals surface area contributed by atoms with Gasteiger partial charge in [-0.15, -0.1) is 0 Å². The standard InChI is InChI=1S/C23H30N6O8/c1-11(24)20(33)28-16(8-12-10-26-14-5-3-2-4-13(12)14)22(35)27-15(6-7-18(25)30)21(34)29-17(23(36)37)9-19(31)32/h2-5,10-11,15-17,26H,6-9,24H2,1H3,(H2,25,30)(H,27,35)(H,28,33)(H,29,34)(H,31,32)(H,36,37). The molecule has 0 aliphatic carbocycles. The Morgan fingerprint density at radius 1 is 0.919 bits per heavy atom. The average molecular weight is 519 g/mol. The quantitative estimate of drug-likeness (QED) is 0.142. The molecule has 1 aromatic carbocycles. The number of hydrogen-bond acceptors (Lipinski definition) is 7. The monoisotopic (exact) mass is 518 g/mol. The van der Waals surface area contributed by atoms with Crippen LogP contribution < -0.4 is 27.4 Å². The second-order valence-corrected chi connectivity index (χ2v) is 8.48. The molecule has 0 radical (unpaired) electrons. The van der Waals surface area contributed by atoms with E-state index in [0.29, 0.717) is 5.56 Å². The lowest BCUT2D eigenvalue weighted by molar-refractivity contribution is -0.147. The number of nitrogens with one attached hydrogen (secondary N) is 4. The first kappa shape index (κ1) is 28.8. The van der Waals surface area contributed by atoms with Gasteiger partial charge in [-0.05, 0) is 25.0 Å². The first-order valence-corrected chi connectivity index (χ1v) is 11.3. The van der Waals surface area contributed by atoms with Crippen molar-refractivity contribution in [2.45, 2.75) is 56.8 Å². The third kappa shape index (κ3) is 8.61. The van der Waals surface area contributed by atoms with Crippen molar-refractivity contribution in [1.82, 2.24) is 20.9 Å². The molecule has 4 amide bonds. The fourth-order valence-corrected chi connectivity index (χ4v) is 3.51. The smallest absolute Gasteiger partial charge is 0.326 e. The van der Waals surface area contributed by atoms with Gasteiger partial charge in [0.05, 0.1) is 12.5 Å². The molecular formula is C23H30N6O8. The zero-order chi connectivity index (χ0) is 27.7. The van der Waals surface area contributed by atoms with Crippen molar-refractivity contribution >= 4 is 46.5 Å². The summed E-state index contributed by atoms with van der Waals surface area (Å²) in [4.78, 5) is 75.0. The van der Waals surface area contributed by atoms with Gasteiger partial charge in [-0.3, -0.25) is 24.0 Å². The van der Waals surface area contributed by atoms with E-state index < -0.39 is 66.2 Å². The number of carbonyl (C=O) groups is 6. The summed E-state index contributed by atoms with van der Waals surface area (Å²) in [5.41, 5.74) is 12.3. The van der Waals surface area contributed by atoms with Crippen LogP contribution in [0, 0.1) is 0 Å². The Kier molecular flexibility index (Phi) is 10.1. The molecule has 37 heavy (non-hydrogen) atoms. The lowest BCUT2D eigenvalue weighted by atomic mass is 10.0. The van der Waals surface area contributed by atoms with Crippen molar-refractivity contribution in [3.05, 3.63) is 36.0 Å². The molecule has 1 aromatic heterocycles. The minimum Gasteiger partial charge on any atom is -0.481 e. The topological polar surface area (TPSA) is 247 Å². The van der Waals surface area contributed by atoms with Gasteiger partial charge in [0.15, 0.2) is 0 Å². The van der Waals surface area contributed by atoms with Crippen molar-refractivity contribution < 1.29 is 39.0 Å². The number of rotatable bonds is 14. The molecule has 0 aliphatic heterocycles. The van der Waals surface area contributed by atoms with E-state index in [0.717, 1.165) is 10.9 Å². The number of aromatic nitrogens is 1. The number of H-pyrrole nitrogens is 1. The number of fused-ring (bicyclic) bond motifs is 1. The highest BCUT2D eigenvalue weighted by Crippen LogP contribution is 2.19. The summed E-state index contributed by atoms with van der Waals surface area (Å²) in [6.07, 6.45) is 0.131. The number of aromatic amines is 1. The molecule has 2 rings (SSSR count). The summed E-state index contributed by atoms with van der Waals surface area (Å²) >= 11 is 0. The average Bonchev–Trinajstić information content (AvgIpc) is 3.22. The van der Waals surface area contributed by atoms with Gasteiger partial charge in [0.25, 0.3) is 0 Å². The van der Waals surface area contributed by atoms with Crippen molar-refractivity contribution in [2.75, 3.05) is 0 Å². The van der Waals surface area contributed by atoms with Crippen LogP contribution in [0.15, 0.2) is 30.5 Å². The SMILES string of the molecule is CC(N)C(=O)NC(Cc1c[nH]c2ccccc12)C(=O)NC(CCC(N)=O)C(=O)NC(CC(=O)O)C(=O)O. The molecule has 10 N–H and O–H groups in total. The van der Waals surface area contributed by atoms with Crippen molar-refractivity contribution in [3.63, 3.8) is 0 Å². The van der Waals surface area contributed by atoms with Crippen LogP contribution >= 0.6 is 0 Å². The summed E-state index contributed by atoms with van der Waals surface area (Å²) in [6.45, 7) is 1.42. The number of amides is 4. The number of carboxylic acid groups (broad SMARTS) is 2. The highest BCUT2D eigenvalue weighted by Gasteiger charge is 2.31. The van der Waals surface area contributed by atoms with E-state index in [2.05, 4.69) is 15.6 Å². The third-order valence-corrected chi connectivity index (χ3v) is 5.45. The summed E-state index contributed by atoms with van der Waals surface area (Å²) in [6, 6.07) is 1.90. The molecule has 0 aliphatic rings. The number of nitrogens with two attached hydrogens (primary N) is 2. The maximum Gasteiger partial charge on any atom is 0.326 e. The second kappa shape index (κ2) is 13.0. The number of carbonyl (C=O) groups excluding carboxylic acids is 4. The predicted molar refractivity (Wildman–Crippen MR) is 130 cm³/mol. The summed E-state index contributed by atoms with van der Waals surface area (Å²) in [5.74, 6) is -6.33. The molecule has 14 heteroatoms. The van der Waals surface area contributed by atoms with E-state index in [9.17, 15) is 33.9 Å². The van der Waals surface area contributed by atoms with Crippen molar-refractivity contribution in [1.29, 1.82) is 0 Å². The molecule has 1 heterocycles. The molecule has 4 atom stereocenters. The van der Waals surface area contributed by atoms with Gasteiger partial charge in [-0.1, -0.05) is 18.2 Å². The lowest BCUT2D eigenvalue weighted by Gasteiger charge is -2.24. The number of primary amides is 1. The first-order valence-electron chi connectivity index (χ1n) is 11.3. The Bertz CT molecular complexity index is 1180. The van der Waals surface area contributed by atoms with Gasteiger partial charge in [0.2, 0.25) is 23.6 Å². The van der Waals surface area contributed by atoms with E-state index in [4.69, 9.17) is 16.6 Å². The van der Waals surface area contributed by atoms with Crippen molar-refractivity contribution in [2.24, 2.45) is 11.5 Å². The van der Waals surface area contributed by atoms with Gasteiger partial charge < -0.3 is 42.6 Å². The molecule has 0 bridgehead atoms. The maximum atomic E-state index is 13.2. The fourth-order valence-electron chi connectivity index (χ4n) is 3.51. The number of carboxylic acids is 2. The molecule has 0 fully saturated rings. The minimum atomic E-state index is -1.78. The van der Waals surface area contributed by atoms with Crippen molar-refractivity contribution in [3.8, 4) is 0 Å². The number of benzene rings is 1. The summed E-state index contributed by atoms with van der Waals surface area (Å²) < 4.78 is 0. The second-order valence-electron chi connectivity index (χ2n) is 8.48. The molecule has 0 spiro atoms. The molecule has 4 unspecified atom stereocenters. The Morgan fingerprint density at radius 3 is 2.11 bits per heavy atom. The number of hydrogen-bond donors (Lipinski definition) is 8. The van der Waals surface area contributed by atoms with Crippen LogP contribution in [0.2, 0.25) is 0 Å². The Morgan fingerprint density at radius 2 is 1.51 bits per heavy atom. The molecular weight excluding hydrogens is 488 g/mol. The van der Waals surface area contributed by atoms with Crippen LogP contribution in [0.1, 0.15) is 31.7 Å². The van der Waals surface area contributed by atoms with Crippen LogP contribution in [0.3, 0.4) is 0 Å². The Labute approximate surface area is 211 Å². The molecule has 14 nitrogen and oxygen atoms in total. The summed E-state index contributed by atoms with van der Waals surface area (Å²) in [7, 11) is 0. The molecule has 200 valence electrons. The van der Waals surface area contributed by atoms with Gasteiger partial charge in [-0.2, -0.15) is 0 Å². The minimum absolute atomic E-state index is 0.00916. The van der Waals surface area contributed by atoms with Crippen LogP contribution in [0.4, 0.5) is 0 Å². The first-order chi connectivity index (χ1) is 17.4. The van der Waals surface area contributed by atoms with E-state index in [-0.39, 0.29) is 19.3 Å². The van der Waals surface area contributed by atoms with E-state index >= 15 is 0 Å². The van der Waals surface area contributed by atoms with Gasteiger partial charge in [0, 0.05) is 29.9 Å². The largest absolute Gasteiger partial charge is 0.481 e. The van der Waals surface area contributed by atoms with Crippen LogP contribution in [0.25, 0.3) is 10.9 Å². The Balaban J connectivity index is 2.29. The normalized spacial score (nSPS) is 14.1. The van der Waals surface area contributed by atoms with Gasteiger partial charge in [0.1, 0.15) is 18.1 Å². The Hall–Kier alpha value is -4.46. The zero-order valence-corrected chi connectivity index (χ0v) is 20.0. The highest BCUT2D eigenvalue weighted by molar-refractivity contribution is 5.95. The predicted octanol–water partition coefficient (Wildman–Crippen LogP) is -1.66. The molecule has 0 saturated heterocycles. The number of aliphatic carboxylic acids is 2. The molecule has 2 aromatic rings. The van der Waals surface area contributed by atoms with Crippen LogP contribution in [-0.2, 0) is 35.2 Å². The van der Waals surface area contributed by atoms with Gasteiger partial charge in [-0.25, -0.2) is 4.79 Å². The summed E-state index contributed by atoms with van der Waals surface area (Å²) in [5, 5.41) is 25.9. The zero-order valence-electron chi connectivity index (χ0n) is 20.0. The van der Waals surface area contributed by atoms with Crippen LogP contribution in [-0.4, -0.2) is 74.9 Å². The molecule has 0 saturated carbocycles. The van der Waals surface area contributed by atoms with E-state index in [1.54, 1.807) is 12.3 Å². The highest BCUT2D eigenvalue weighted by atomic mass is 16.4. The van der Waals surface area contributed by atoms with Crippen LogP contribution in [0.5, 0.6) is 0 Å².